The maximum Gasteiger partial charge on any atom is 0.254 e. The van der Waals surface area contributed by atoms with Crippen LogP contribution < -0.4 is 11.3 Å². The van der Waals surface area contributed by atoms with E-state index in [9.17, 15) is 9.59 Å². The second kappa shape index (κ2) is 5.57. The molecule has 104 valence electrons. The third-order valence-electron chi connectivity index (χ3n) is 3.95. The Labute approximate surface area is 113 Å². The van der Waals surface area contributed by atoms with E-state index in [1.807, 2.05) is 0 Å². The molecule has 2 rings (SSSR count). The van der Waals surface area contributed by atoms with Gasteiger partial charge in [0.2, 0.25) is 0 Å². The molecule has 19 heavy (non-hydrogen) atoms. The van der Waals surface area contributed by atoms with Gasteiger partial charge in [-0.15, -0.1) is 0 Å². The van der Waals surface area contributed by atoms with Gasteiger partial charge >= 0.3 is 0 Å². The first-order valence-corrected chi connectivity index (χ1v) is 6.70. The topological polar surface area (TPSA) is 68.3 Å². The summed E-state index contributed by atoms with van der Waals surface area (Å²) in [6.45, 7) is 0. The normalized spacial score (nSPS) is 23.1. The van der Waals surface area contributed by atoms with Gasteiger partial charge in [-0.2, -0.15) is 0 Å². The zero-order valence-electron chi connectivity index (χ0n) is 11.5. The van der Waals surface area contributed by atoms with Crippen LogP contribution in [0.2, 0.25) is 0 Å². The molecular weight excluding hydrogens is 242 g/mol. The molecule has 1 saturated carbocycles. The summed E-state index contributed by atoms with van der Waals surface area (Å²) in [7, 11) is 3.44. The lowest BCUT2D eigenvalue weighted by Crippen LogP contribution is -2.50. The first-order chi connectivity index (χ1) is 9.00. The molecule has 5 heteroatoms. The number of pyridine rings is 1. The molecule has 0 aromatic carbocycles. The number of carbonyl (C=O) groups excluding carboxylic acids is 1. The van der Waals surface area contributed by atoms with Crippen LogP contribution in [-0.2, 0) is 7.05 Å². The third-order valence-corrected chi connectivity index (χ3v) is 3.95. The first kappa shape index (κ1) is 13.8. The van der Waals surface area contributed by atoms with Crippen LogP contribution >= 0.6 is 0 Å². The van der Waals surface area contributed by atoms with Gasteiger partial charge in [0.25, 0.3) is 11.5 Å². The minimum atomic E-state index is -0.174. The van der Waals surface area contributed by atoms with Gasteiger partial charge in [-0.25, -0.2) is 0 Å². The highest BCUT2D eigenvalue weighted by Crippen LogP contribution is 2.22. The van der Waals surface area contributed by atoms with E-state index >= 15 is 0 Å². The molecule has 1 aromatic heterocycles. The number of nitrogens with zero attached hydrogens (tertiary/aromatic N) is 2. The average Bonchev–Trinajstić information content (AvgIpc) is 2.41. The number of hydrogen-bond acceptors (Lipinski definition) is 3. The van der Waals surface area contributed by atoms with Crippen LogP contribution in [0.3, 0.4) is 0 Å². The molecule has 2 N–H and O–H groups in total. The lowest BCUT2D eigenvalue weighted by molar-refractivity contribution is 0.0672. The first-order valence-electron chi connectivity index (χ1n) is 6.70. The molecule has 5 nitrogen and oxygen atoms in total. The van der Waals surface area contributed by atoms with Crippen molar-refractivity contribution in [3.05, 3.63) is 34.2 Å². The van der Waals surface area contributed by atoms with Gasteiger partial charge in [-0.05, 0) is 18.9 Å². The fourth-order valence-corrected chi connectivity index (χ4v) is 2.66. The van der Waals surface area contributed by atoms with Crippen molar-refractivity contribution in [2.45, 2.75) is 37.8 Å². The highest BCUT2D eigenvalue weighted by atomic mass is 16.2. The molecular formula is C14H21N3O2. The standard InChI is InChI=1S/C14H21N3O2/c1-16-8-7-10(9-13(16)18)14(19)17(2)12-6-4-3-5-11(12)15/h7-9,11-12H,3-6,15H2,1-2H3. The fraction of sp³-hybridized carbons (Fsp3) is 0.571. The Morgan fingerprint density at radius 2 is 2.11 bits per heavy atom. The Morgan fingerprint density at radius 1 is 1.42 bits per heavy atom. The summed E-state index contributed by atoms with van der Waals surface area (Å²) in [6, 6.07) is 3.17. The van der Waals surface area contributed by atoms with Crippen molar-refractivity contribution in [1.82, 2.24) is 9.47 Å². The molecule has 0 spiro atoms. The molecule has 1 aliphatic carbocycles. The Hall–Kier alpha value is -1.62. The van der Waals surface area contributed by atoms with Crippen LogP contribution in [0.5, 0.6) is 0 Å². The van der Waals surface area contributed by atoms with Crippen molar-refractivity contribution in [2.24, 2.45) is 12.8 Å². The van der Waals surface area contributed by atoms with Gasteiger partial charge in [0.1, 0.15) is 0 Å². The van der Waals surface area contributed by atoms with Crippen molar-refractivity contribution in [2.75, 3.05) is 7.05 Å². The molecule has 1 aliphatic rings. The van der Waals surface area contributed by atoms with Crippen LogP contribution in [0, 0.1) is 0 Å². The van der Waals surface area contributed by atoms with Gasteiger partial charge in [0.15, 0.2) is 0 Å². The number of rotatable bonds is 2. The van der Waals surface area contributed by atoms with Gasteiger partial charge in [-0.3, -0.25) is 9.59 Å². The molecule has 2 atom stereocenters. The number of aromatic nitrogens is 1. The third kappa shape index (κ3) is 2.87. The average molecular weight is 263 g/mol. The van der Waals surface area contributed by atoms with E-state index in [1.54, 1.807) is 31.3 Å². The number of amides is 1. The second-order valence-corrected chi connectivity index (χ2v) is 5.30. The second-order valence-electron chi connectivity index (χ2n) is 5.30. The summed E-state index contributed by atoms with van der Waals surface area (Å²) in [4.78, 5) is 25.6. The van der Waals surface area contributed by atoms with E-state index in [1.165, 1.54) is 10.6 Å². The van der Waals surface area contributed by atoms with Crippen molar-refractivity contribution in [3.8, 4) is 0 Å². The summed E-state index contributed by atoms with van der Waals surface area (Å²) in [5.41, 5.74) is 6.35. The lowest BCUT2D eigenvalue weighted by atomic mass is 9.90. The van der Waals surface area contributed by atoms with E-state index in [-0.39, 0.29) is 23.6 Å². The fourth-order valence-electron chi connectivity index (χ4n) is 2.66. The summed E-state index contributed by atoms with van der Waals surface area (Å²) >= 11 is 0. The quantitative estimate of drug-likeness (QED) is 0.855. The minimum absolute atomic E-state index is 0.0363. The highest BCUT2D eigenvalue weighted by Gasteiger charge is 2.28. The molecule has 2 unspecified atom stereocenters. The van der Waals surface area contributed by atoms with Gasteiger partial charge in [0.05, 0.1) is 0 Å². The summed E-state index contributed by atoms with van der Waals surface area (Å²) in [5, 5.41) is 0. The van der Waals surface area contributed by atoms with Crippen LogP contribution in [-0.4, -0.2) is 34.5 Å². The Bertz CT molecular complexity index is 524. The predicted molar refractivity (Wildman–Crippen MR) is 74.0 cm³/mol. The van der Waals surface area contributed by atoms with Crippen molar-refractivity contribution in [1.29, 1.82) is 0 Å². The molecule has 0 radical (unpaired) electrons. The Balaban J connectivity index is 2.18. The minimum Gasteiger partial charge on any atom is -0.337 e. The number of hydrogen-bond donors (Lipinski definition) is 1. The Kier molecular flexibility index (Phi) is 4.04. The molecule has 0 saturated heterocycles. The largest absolute Gasteiger partial charge is 0.337 e. The molecule has 0 aliphatic heterocycles. The highest BCUT2D eigenvalue weighted by molar-refractivity contribution is 5.94. The van der Waals surface area contributed by atoms with Crippen LogP contribution in [0.1, 0.15) is 36.0 Å². The predicted octanol–water partition coefficient (Wildman–Crippen LogP) is 0.727. The summed E-state index contributed by atoms with van der Waals surface area (Å²) in [6.07, 6.45) is 5.75. The molecule has 0 bridgehead atoms. The van der Waals surface area contributed by atoms with Crippen molar-refractivity contribution >= 4 is 5.91 Å². The zero-order chi connectivity index (χ0) is 14.0. The van der Waals surface area contributed by atoms with E-state index in [2.05, 4.69) is 0 Å². The van der Waals surface area contributed by atoms with Crippen molar-refractivity contribution in [3.63, 3.8) is 0 Å². The number of aryl methyl sites for hydroxylation is 1. The molecule has 1 fully saturated rings. The lowest BCUT2D eigenvalue weighted by Gasteiger charge is -2.36. The molecule has 1 amide bonds. The number of carbonyl (C=O) groups is 1. The summed E-state index contributed by atoms with van der Waals surface area (Å²) in [5.74, 6) is -0.125. The van der Waals surface area contributed by atoms with Gasteiger partial charge in [0, 0.05) is 44.0 Å². The smallest absolute Gasteiger partial charge is 0.254 e. The van der Waals surface area contributed by atoms with E-state index in [4.69, 9.17) is 5.73 Å². The van der Waals surface area contributed by atoms with Gasteiger partial charge in [-0.1, -0.05) is 12.8 Å². The summed E-state index contributed by atoms with van der Waals surface area (Å²) < 4.78 is 1.45. The van der Waals surface area contributed by atoms with Gasteiger partial charge < -0.3 is 15.2 Å². The van der Waals surface area contributed by atoms with E-state index < -0.39 is 0 Å². The number of likely N-dealkylation sites (N-methyl/N-ethyl adjacent to an activating group) is 1. The van der Waals surface area contributed by atoms with E-state index in [0.29, 0.717) is 5.56 Å². The molecule has 1 heterocycles. The van der Waals surface area contributed by atoms with Crippen LogP contribution in [0.15, 0.2) is 23.1 Å². The Morgan fingerprint density at radius 3 is 2.74 bits per heavy atom. The monoisotopic (exact) mass is 263 g/mol. The number of nitrogens with two attached hydrogens (primary N) is 1. The zero-order valence-corrected chi connectivity index (χ0v) is 11.5. The maximum atomic E-state index is 12.4. The van der Waals surface area contributed by atoms with Crippen molar-refractivity contribution < 1.29 is 4.79 Å². The van der Waals surface area contributed by atoms with Crippen LogP contribution in [0.25, 0.3) is 0 Å². The van der Waals surface area contributed by atoms with Crippen LogP contribution in [0.4, 0.5) is 0 Å². The molecule has 1 aromatic rings. The SMILES string of the molecule is CN(C(=O)c1ccn(C)c(=O)c1)C1CCCCC1N. The maximum absolute atomic E-state index is 12.4. The van der Waals surface area contributed by atoms with E-state index in [0.717, 1.165) is 25.7 Å².